The Morgan fingerprint density at radius 1 is 1.25 bits per heavy atom. The average molecular weight is 163 g/mol. The summed E-state index contributed by atoms with van der Waals surface area (Å²) in [5.74, 6) is 0.222. The lowest BCUT2D eigenvalue weighted by molar-refractivity contribution is -0.104. The van der Waals surface area contributed by atoms with Gasteiger partial charge in [-0.15, -0.1) is 0 Å². The molecule has 0 unspecified atom stereocenters. The molecule has 0 radical (unpaired) electrons. The fourth-order valence-corrected chi connectivity index (χ4v) is 0.741. The van der Waals surface area contributed by atoms with Gasteiger partial charge in [-0.3, -0.25) is 4.79 Å². The van der Waals surface area contributed by atoms with Crippen molar-refractivity contribution in [3.05, 3.63) is 36.5 Å². The van der Waals surface area contributed by atoms with E-state index in [4.69, 9.17) is 5.11 Å². The van der Waals surface area contributed by atoms with Gasteiger partial charge in [0.2, 0.25) is 0 Å². The maximum absolute atomic E-state index is 9.88. The van der Waals surface area contributed by atoms with Gasteiger partial charge in [-0.2, -0.15) is 0 Å². The molecule has 0 spiro atoms. The monoisotopic (exact) mass is 163 g/mol. The predicted octanol–water partition coefficient (Wildman–Crippen LogP) is 1.52. The van der Waals surface area contributed by atoms with E-state index < -0.39 is 0 Å². The largest absolute Gasteiger partial charge is 0.508 e. The molecule has 0 aliphatic carbocycles. The Labute approximate surface area is 70.3 Å². The molecule has 0 aliphatic rings. The van der Waals surface area contributed by atoms with Crippen LogP contribution in [0.15, 0.2) is 36.5 Å². The van der Waals surface area contributed by atoms with Crippen molar-refractivity contribution in [3.8, 4) is 5.75 Å². The lowest BCUT2D eigenvalue weighted by atomic mass is 10.3. The predicted molar refractivity (Wildman–Crippen MR) is 46.9 cm³/mol. The molecule has 0 heterocycles. The van der Waals surface area contributed by atoms with E-state index in [1.54, 1.807) is 24.3 Å². The first-order chi connectivity index (χ1) is 5.83. The molecule has 3 heteroatoms. The van der Waals surface area contributed by atoms with Crippen LogP contribution in [0.5, 0.6) is 5.75 Å². The maximum atomic E-state index is 9.88. The third kappa shape index (κ3) is 2.46. The summed E-state index contributed by atoms with van der Waals surface area (Å²) in [4.78, 5) is 9.88. The van der Waals surface area contributed by atoms with E-state index in [2.05, 4.69) is 5.32 Å². The zero-order chi connectivity index (χ0) is 8.81. The van der Waals surface area contributed by atoms with E-state index >= 15 is 0 Å². The van der Waals surface area contributed by atoms with Crippen molar-refractivity contribution >= 4 is 12.0 Å². The van der Waals surface area contributed by atoms with E-state index in [9.17, 15) is 4.79 Å². The Hall–Kier alpha value is -1.77. The third-order valence-corrected chi connectivity index (χ3v) is 1.29. The van der Waals surface area contributed by atoms with Gasteiger partial charge >= 0.3 is 0 Å². The van der Waals surface area contributed by atoms with Crippen LogP contribution in [0.1, 0.15) is 0 Å². The zero-order valence-electron chi connectivity index (χ0n) is 6.40. The normalized spacial score (nSPS) is 10.0. The number of phenolic OH excluding ortho intramolecular Hbond substituents is 1. The topological polar surface area (TPSA) is 49.3 Å². The van der Waals surface area contributed by atoms with E-state index in [1.165, 1.54) is 12.3 Å². The number of nitrogens with one attached hydrogen (secondary N) is 1. The first-order valence-corrected chi connectivity index (χ1v) is 3.49. The summed E-state index contributed by atoms with van der Waals surface area (Å²) in [6.07, 6.45) is 3.57. The molecule has 12 heavy (non-hydrogen) atoms. The Morgan fingerprint density at radius 3 is 2.50 bits per heavy atom. The van der Waals surface area contributed by atoms with Gasteiger partial charge < -0.3 is 10.4 Å². The minimum Gasteiger partial charge on any atom is -0.508 e. The van der Waals surface area contributed by atoms with Gasteiger partial charge in [-0.1, -0.05) is 0 Å². The highest BCUT2D eigenvalue weighted by Crippen LogP contribution is 2.13. The van der Waals surface area contributed by atoms with Crippen molar-refractivity contribution in [2.24, 2.45) is 0 Å². The lowest BCUT2D eigenvalue weighted by Crippen LogP contribution is -1.85. The molecule has 0 amide bonds. The molecule has 0 saturated carbocycles. The molecule has 0 saturated heterocycles. The highest BCUT2D eigenvalue weighted by molar-refractivity contribution is 5.65. The molecule has 1 rings (SSSR count). The summed E-state index contributed by atoms with van der Waals surface area (Å²) in [6.45, 7) is 0. The summed E-state index contributed by atoms with van der Waals surface area (Å²) in [7, 11) is 0. The molecule has 62 valence electrons. The molecule has 1 aromatic rings. The highest BCUT2D eigenvalue weighted by Gasteiger charge is 1.87. The van der Waals surface area contributed by atoms with Gasteiger partial charge in [-0.25, -0.2) is 0 Å². The van der Waals surface area contributed by atoms with Crippen LogP contribution in [0.25, 0.3) is 0 Å². The lowest BCUT2D eigenvalue weighted by Gasteiger charge is -1.98. The van der Waals surface area contributed by atoms with Gasteiger partial charge in [0.25, 0.3) is 0 Å². The number of rotatable bonds is 3. The molecule has 0 aromatic heterocycles. The summed E-state index contributed by atoms with van der Waals surface area (Å²) in [5.41, 5.74) is 0.825. The van der Waals surface area contributed by atoms with Crippen molar-refractivity contribution in [2.75, 3.05) is 5.32 Å². The highest BCUT2D eigenvalue weighted by atomic mass is 16.3. The van der Waals surface area contributed by atoms with Crippen molar-refractivity contribution in [2.45, 2.75) is 0 Å². The molecule has 3 nitrogen and oxygen atoms in total. The Bertz CT molecular complexity index is 277. The number of carbonyl (C=O) groups is 1. The molecule has 0 bridgehead atoms. The number of hydrogen-bond acceptors (Lipinski definition) is 3. The number of allylic oxidation sites excluding steroid dienone is 1. The molecular formula is C9H9NO2. The zero-order valence-corrected chi connectivity index (χ0v) is 6.40. The molecule has 0 fully saturated rings. The SMILES string of the molecule is O=CC=CNc1ccc(O)cc1. The molecule has 0 atom stereocenters. The third-order valence-electron chi connectivity index (χ3n) is 1.29. The number of aldehydes is 1. The number of hydrogen-bond donors (Lipinski definition) is 2. The number of phenols is 1. The van der Waals surface area contributed by atoms with E-state index in [-0.39, 0.29) is 5.75 Å². The van der Waals surface area contributed by atoms with Gasteiger partial charge in [0.15, 0.2) is 0 Å². The molecule has 1 aromatic carbocycles. The van der Waals surface area contributed by atoms with Gasteiger partial charge in [0, 0.05) is 11.9 Å². The van der Waals surface area contributed by atoms with Crippen LogP contribution < -0.4 is 5.32 Å². The number of carbonyl (C=O) groups excluding carboxylic acids is 1. The quantitative estimate of drug-likeness (QED) is 0.403. The van der Waals surface area contributed by atoms with Crippen molar-refractivity contribution < 1.29 is 9.90 Å². The van der Waals surface area contributed by atoms with Crippen LogP contribution in [-0.4, -0.2) is 11.4 Å². The van der Waals surface area contributed by atoms with Crippen LogP contribution >= 0.6 is 0 Å². The number of benzene rings is 1. The number of anilines is 1. The Balaban J connectivity index is 2.58. The van der Waals surface area contributed by atoms with Crippen LogP contribution in [0, 0.1) is 0 Å². The van der Waals surface area contributed by atoms with E-state index in [1.807, 2.05) is 0 Å². The van der Waals surface area contributed by atoms with E-state index in [0.29, 0.717) is 6.29 Å². The summed E-state index contributed by atoms with van der Waals surface area (Å²) in [6, 6.07) is 6.56. The first kappa shape index (κ1) is 8.33. The van der Waals surface area contributed by atoms with Crippen molar-refractivity contribution in [1.29, 1.82) is 0 Å². The van der Waals surface area contributed by atoms with Crippen molar-refractivity contribution in [3.63, 3.8) is 0 Å². The average Bonchev–Trinajstić information content (AvgIpc) is 2.09. The second-order valence-corrected chi connectivity index (χ2v) is 2.19. The van der Waals surface area contributed by atoms with Crippen LogP contribution in [0.3, 0.4) is 0 Å². The summed E-state index contributed by atoms with van der Waals surface area (Å²) < 4.78 is 0. The maximum Gasteiger partial charge on any atom is 0.144 e. The second-order valence-electron chi connectivity index (χ2n) is 2.19. The summed E-state index contributed by atoms with van der Waals surface area (Å²) in [5, 5.41) is 11.8. The fraction of sp³-hybridized carbons (Fsp3) is 0. The smallest absolute Gasteiger partial charge is 0.144 e. The Kier molecular flexibility index (Phi) is 2.90. The first-order valence-electron chi connectivity index (χ1n) is 3.49. The van der Waals surface area contributed by atoms with Crippen LogP contribution in [0.2, 0.25) is 0 Å². The minimum absolute atomic E-state index is 0.222. The fourth-order valence-electron chi connectivity index (χ4n) is 0.741. The minimum atomic E-state index is 0.222. The van der Waals surface area contributed by atoms with Crippen molar-refractivity contribution in [1.82, 2.24) is 0 Å². The van der Waals surface area contributed by atoms with E-state index in [0.717, 1.165) is 5.69 Å². The molecular weight excluding hydrogens is 154 g/mol. The van der Waals surface area contributed by atoms with Gasteiger partial charge in [0.05, 0.1) is 0 Å². The molecule has 0 aliphatic heterocycles. The molecule has 2 N–H and O–H groups in total. The van der Waals surface area contributed by atoms with Gasteiger partial charge in [0.1, 0.15) is 12.0 Å². The summed E-state index contributed by atoms with van der Waals surface area (Å²) >= 11 is 0. The standard InChI is InChI=1S/C9H9NO2/c11-7-1-6-10-8-2-4-9(12)5-3-8/h1-7,10,12H. The number of aromatic hydroxyl groups is 1. The Morgan fingerprint density at radius 2 is 1.92 bits per heavy atom. The van der Waals surface area contributed by atoms with Crippen LogP contribution in [-0.2, 0) is 4.79 Å². The second kappa shape index (κ2) is 4.18. The van der Waals surface area contributed by atoms with Gasteiger partial charge in [-0.05, 0) is 30.3 Å². The van der Waals surface area contributed by atoms with Crippen LogP contribution in [0.4, 0.5) is 5.69 Å².